The van der Waals surface area contributed by atoms with Gasteiger partial charge in [0.1, 0.15) is 0 Å². The van der Waals surface area contributed by atoms with Crippen LogP contribution in [0.25, 0.3) is 0 Å². The quantitative estimate of drug-likeness (QED) is 0.794. The lowest BCUT2D eigenvalue weighted by Crippen LogP contribution is -2.32. The summed E-state index contributed by atoms with van der Waals surface area (Å²) < 4.78 is 4.70. The van der Waals surface area contributed by atoms with Crippen molar-refractivity contribution < 1.29 is 19.1 Å². The van der Waals surface area contributed by atoms with Crippen LogP contribution in [0.5, 0.6) is 0 Å². The summed E-state index contributed by atoms with van der Waals surface area (Å²) in [7, 11) is 1.28. The maximum atomic E-state index is 12.4. The van der Waals surface area contributed by atoms with Gasteiger partial charge in [0.15, 0.2) is 0 Å². The molecule has 7 nitrogen and oxygen atoms in total. The number of hydrogen-bond acceptors (Lipinski definition) is 5. The van der Waals surface area contributed by atoms with E-state index >= 15 is 0 Å². The molecule has 1 unspecified atom stereocenters. The summed E-state index contributed by atoms with van der Waals surface area (Å²) in [4.78, 5) is 42.0. The summed E-state index contributed by atoms with van der Waals surface area (Å²) in [6.07, 6.45) is 3.39. The second-order valence-corrected chi connectivity index (χ2v) is 6.54. The number of nitrogens with zero attached hydrogens (tertiary/aromatic N) is 2. The van der Waals surface area contributed by atoms with Crippen molar-refractivity contribution in [1.29, 1.82) is 0 Å². The molecular weight excluding hydrogens is 370 g/mol. The third kappa shape index (κ3) is 4.25. The Morgan fingerprint density at radius 1 is 1.30 bits per heavy atom. The fraction of sp³-hybridized carbons (Fsp3) is 0.263. The van der Waals surface area contributed by atoms with Crippen molar-refractivity contribution in [3.05, 3.63) is 58.9 Å². The van der Waals surface area contributed by atoms with Gasteiger partial charge >= 0.3 is 5.97 Å². The maximum Gasteiger partial charge on any atom is 0.337 e. The number of ether oxygens (including phenoxy) is 1. The molecule has 1 atom stereocenters. The smallest absolute Gasteiger partial charge is 0.337 e. The highest BCUT2D eigenvalue weighted by Crippen LogP contribution is 2.32. The third-order valence-electron chi connectivity index (χ3n) is 4.37. The Kier molecular flexibility index (Phi) is 5.71. The average molecular weight is 388 g/mol. The lowest BCUT2D eigenvalue weighted by molar-refractivity contribution is -0.126. The van der Waals surface area contributed by atoms with Crippen LogP contribution in [0.2, 0.25) is 5.02 Å². The predicted octanol–water partition coefficient (Wildman–Crippen LogP) is 2.19. The van der Waals surface area contributed by atoms with E-state index in [-0.39, 0.29) is 30.3 Å². The first-order valence-corrected chi connectivity index (χ1v) is 8.72. The molecule has 2 aromatic rings. The van der Waals surface area contributed by atoms with E-state index in [0.29, 0.717) is 17.3 Å². The van der Waals surface area contributed by atoms with Gasteiger partial charge in [0, 0.05) is 31.9 Å². The zero-order valence-corrected chi connectivity index (χ0v) is 15.4. The summed E-state index contributed by atoms with van der Waals surface area (Å²) >= 11 is 6.21. The Balaban J connectivity index is 1.70. The number of carbonyl (C=O) groups is 3. The number of hydrogen-bond donors (Lipinski definition) is 1. The van der Waals surface area contributed by atoms with E-state index in [2.05, 4.69) is 10.3 Å². The van der Waals surface area contributed by atoms with Crippen molar-refractivity contribution >= 4 is 35.1 Å². The van der Waals surface area contributed by atoms with Crippen molar-refractivity contribution in [3.63, 3.8) is 0 Å². The van der Waals surface area contributed by atoms with Crippen LogP contribution in [-0.4, -0.2) is 36.4 Å². The van der Waals surface area contributed by atoms with Crippen LogP contribution in [0, 0.1) is 5.92 Å². The number of halogens is 1. The summed E-state index contributed by atoms with van der Waals surface area (Å²) in [6, 6.07) is 8.18. The number of esters is 1. The lowest BCUT2D eigenvalue weighted by Gasteiger charge is -2.19. The number of rotatable bonds is 5. The monoisotopic (exact) mass is 387 g/mol. The molecule has 27 heavy (non-hydrogen) atoms. The first kappa shape index (κ1) is 18.8. The van der Waals surface area contributed by atoms with Gasteiger partial charge in [-0.1, -0.05) is 11.6 Å². The van der Waals surface area contributed by atoms with Crippen LogP contribution in [0.1, 0.15) is 22.3 Å². The van der Waals surface area contributed by atoms with Gasteiger partial charge in [-0.25, -0.2) is 4.79 Å². The highest BCUT2D eigenvalue weighted by atomic mass is 35.5. The van der Waals surface area contributed by atoms with Crippen molar-refractivity contribution in [1.82, 2.24) is 10.3 Å². The highest BCUT2D eigenvalue weighted by Gasteiger charge is 2.36. The van der Waals surface area contributed by atoms with Crippen molar-refractivity contribution in [2.24, 2.45) is 5.92 Å². The normalized spacial score (nSPS) is 16.3. The first-order chi connectivity index (χ1) is 13.0. The Morgan fingerprint density at radius 2 is 2.04 bits per heavy atom. The Labute approximate surface area is 161 Å². The minimum atomic E-state index is -0.522. The average Bonchev–Trinajstić information content (AvgIpc) is 3.08. The molecule has 1 aromatic heterocycles. The largest absolute Gasteiger partial charge is 0.465 e. The van der Waals surface area contributed by atoms with E-state index in [9.17, 15) is 14.4 Å². The number of pyridine rings is 1. The zero-order valence-electron chi connectivity index (χ0n) is 14.6. The van der Waals surface area contributed by atoms with Crippen LogP contribution in [0.4, 0.5) is 5.69 Å². The van der Waals surface area contributed by atoms with Gasteiger partial charge in [0.25, 0.3) is 0 Å². The van der Waals surface area contributed by atoms with Crippen LogP contribution in [-0.2, 0) is 20.9 Å². The molecule has 1 saturated heterocycles. The zero-order chi connectivity index (χ0) is 19.4. The Bertz CT molecular complexity index is 873. The summed E-state index contributed by atoms with van der Waals surface area (Å²) in [5, 5.41) is 3.16. The van der Waals surface area contributed by atoms with E-state index in [1.54, 1.807) is 12.4 Å². The SMILES string of the molecule is COC(=O)c1ccc(Cl)c(N2CC(C(=O)NCc3ccncc3)CC2=O)c1. The van der Waals surface area contributed by atoms with E-state index in [1.807, 2.05) is 12.1 Å². The second-order valence-electron chi connectivity index (χ2n) is 6.14. The van der Waals surface area contributed by atoms with Crippen LogP contribution in [0.15, 0.2) is 42.7 Å². The van der Waals surface area contributed by atoms with E-state index in [1.165, 1.54) is 30.2 Å². The molecule has 0 radical (unpaired) electrons. The van der Waals surface area contributed by atoms with Gasteiger partial charge in [-0.3, -0.25) is 14.6 Å². The number of aromatic nitrogens is 1. The first-order valence-electron chi connectivity index (χ1n) is 8.34. The van der Waals surface area contributed by atoms with Gasteiger partial charge < -0.3 is 15.0 Å². The molecule has 1 aliphatic heterocycles. The number of amides is 2. The molecule has 8 heteroatoms. The highest BCUT2D eigenvalue weighted by molar-refractivity contribution is 6.34. The van der Waals surface area contributed by atoms with Crippen molar-refractivity contribution in [2.75, 3.05) is 18.6 Å². The number of nitrogens with one attached hydrogen (secondary N) is 1. The molecule has 3 rings (SSSR count). The molecule has 1 aliphatic rings. The topological polar surface area (TPSA) is 88.6 Å². The molecule has 0 spiro atoms. The second kappa shape index (κ2) is 8.18. The molecule has 0 bridgehead atoms. The van der Waals surface area contributed by atoms with Gasteiger partial charge in [0.2, 0.25) is 11.8 Å². The van der Waals surface area contributed by atoms with Crippen molar-refractivity contribution in [3.8, 4) is 0 Å². The summed E-state index contributed by atoms with van der Waals surface area (Å²) in [5.74, 6) is -1.44. The maximum absolute atomic E-state index is 12.4. The van der Waals surface area contributed by atoms with E-state index < -0.39 is 11.9 Å². The number of methoxy groups -OCH3 is 1. The van der Waals surface area contributed by atoms with Crippen LogP contribution in [0.3, 0.4) is 0 Å². The Morgan fingerprint density at radius 3 is 2.74 bits per heavy atom. The summed E-state index contributed by atoms with van der Waals surface area (Å²) in [5.41, 5.74) is 1.61. The fourth-order valence-electron chi connectivity index (χ4n) is 2.91. The predicted molar refractivity (Wildman–Crippen MR) is 99.3 cm³/mol. The molecule has 0 saturated carbocycles. The Hall–Kier alpha value is -2.93. The summed E-state index contributed by atoms with van der Waals surface area (Å²) in [6.45, 7) is 0.565. The number of carbonyl (C=O) groups excluding carboxylic acids is 3. The van der Waals surface area contributed by atoms with E-state index in [0.717, 1.165) is 5.56 Å². The minimum absolute atomic E-state index is 0.0843. The van der Waals surface area contributed by atoms with Gasteiger partial charge in [-0.05, 0) is 35.9 Å². The molecule has 0 aliphatic carbocycles. The van der Waals surface area contributed by atoms with Crippen LogP contribution >= 0.6 is 11.6 Å². The number of benzene rings is 1. The van der Waals surface area contributed by atoms with Gasteiger partial charge in [-0.2, -0.15) is 0 Å². The van der Waals surface area contributed by atoms with Gasteiger partial charge in [-0.15, -0.1) is 0 Å². The fourth-order valence-corrected chi connectivity index (χ4v) is 3.13. The number of anilines is 1. The molecule has 140 valence electrons. The molecule has 1 fully saturated rings. The molecule has 1 aromatic carbocycles. The molecule has 2 heterocycles. The minimum Gasteiger partial charge on any atom is -0.465 e. The van der Waals surface area contributed by atoms with Crippen LogP contribution < -0.4 is 10.2 Å². The van der Waals surface area contributed by atoms with Crippen molar-refractivity contribution in [2.45, 2.75) is 13.0 Å². The molecular formula is C19H18ClN3O4. The van der Waals surface area contributed by atoms with Gasteiger partial charge in [0.05, 0.1) is 29.3 Å². The lowest BCUT2D eigenvalue weighted by atomic mass is 10.1. The van der Waals surface area contributed by atoms with E-state index in [4.69, 9.17) is 16.3 Å². The molecule has 2 amide bonds. The third-order valence-corrected chi connectivity index (χ3v) is 4.69. The molecule has 1 N–H and O–H groups in total. The standard InChI is InChI=1S/C19H18ClN3O4/c1-27-19(26)13-2-3-15(20)16(8-13)23-11-14(9-17(23)24)18(25)22-10-12-4-6-21-7-5-12/h2-8,14H,9-11H2,1H3,(H,22,25).